The molecule has 8 nitrogen and oxygen atoms in total. The molecule has 1 aromatic heterocycles. The van der Waals surface area contributed by atoms with E-state index >= 15 is 0 Å². The highest BCUT2D eigenvalue weighted by Crippen LogP contribution is 2.23. The molecule has 0 unspecified atom stereocenters. The lowest BCUT2D eigenvalue weighted by molar-refractivity contribution is 0.101. The third-order valence-electron chi connectivity index (χ3n) is 5.71. The average Bonchev–Trinajstić information content (AvgIpc) is 2.80. The van der Waals surface area contributed by atoms with Crippen LogP contribution in [0.5, 0.6) is 0 Å². The van der Waals surface area contributed by atoms with E-state index in [0.29, 0.717) is 31.7 Å². The first-order chi connectivity index (χ1) is 14.4. The molecule has 0 aliphatic carbocycles. The van der Waals surface area contributed by atoms with E-state index in [4.69, 9.17) is 4.98 Å². The van der Waals surface area contributed by atoms with Gasteiger partial charge in [-0.15, -0.1) is 0 Å². The number of hydrogen-bond acceptors (Lipinski definition) is 7. The summed E-state index contributed by atoms with van der Waals surface area (Å²) >= 11 is 0. The van der Waals surface area contributed by atoms with E-state index in [1.165, 1.54) is 23.7 Å². The second kappa shape index (κ2) is 8.69. The highest BCUT2D eigenvalue weighted by atomic mass is 32.2. The van der Waals surface area contributed by atoms with Crippen molar-refractivity contribution in [2.75, 3.05) is 49.1 Å². The first kappa shape index (κ1) is 20.7. The summed E-state index contributed by atoms with van der Waals surface area (Å²) in [4.78, 5) is 25.3. The van der Waals surface area contributed by atoms with E-state index < -0.39 is 10.0 Å². The number of aromatic nitrogens is 2. The SMILES string of the molecule is CC(=O)c1cccc(S(=O)(=O)N2CCN(c3ccnc(N4CCCCC4)n3)CC2)c1. The van der Waals surface area contributed by atoms with Crippen LogP contribution in [0.4, 0.5) is 11.8 Å². The monoisotopic (exact) mass is 429 g/mol. The minimum atomic E-state index is -3.64. The number of anilines is 2. The van der Waals surface area contributed by atoms with E-state index in [1.54, 1.807) is 24.4 Å². The summed E-state index contributed by atoms with van der Waals surface area (Å²) < 4.78 is 27.5. The van der Waals surface area contributed by atoms with Gasteiger partial charge in [0.05, 0.1) is 4.90 Å². The van der Waals surface area contributed by atoms with E-state index in [-0.39, 0.29) is 10.7 Å². The highest BCUT2D eigenvalue weighted by molar-refractivity contribution is 7.89. The van der Waals surface area contributed by atoms with Crippen molar-refractivity contribution in [3.63, 3.8) is 0 Å². The standard InChI is InChI=1S/C21H27N5O3S/c1-17(27)18-6-5-7-19(16-18)30(28,29)26-14-12-24(13-15-26)20-8-9-22-21(23-20)25-10-3-2-4-11-25/h5-9,16H,2-4,10-15H2,1H3. The fourth-order valence-corrected chi connectivity index (χ4v) is 5.41. The van der Waals surface area contributed by atoms with Gasteiger partial charge in [0, 0.05) is 51.0 Å². The Kier molecular flexibility index (Phi) is 6.01. The lowest BCUT2D eigenvalue weighted by Crippen LogP contribution is -2.49. The van der Waals surface area contributed by atoms with Crippen LogP contribution in [0.15, 0.2) is 41.4 Å². The third-order valence-corrected chi connectivity index (χ3v) is 7.60. The van der Waals surface area contributed by atoms with E-state index in [2.05, 4.69) is 14.8 Å². The molecule has 2 fully saturated rings. The Balaban J connectivity index is 1.45. The van der Waals surface area contributed by atoms with Gasteiger partial charge in [0.2, 0.25) is 16.0 Å². The number of Topliss-reactive ketones (excluding diaryl/α,β-unsaturated/α-hetero) is 1. The quantitative estimate of drug-likeness (QED) is 0.673. The van der Waals surface area contributed by atoms with Crippen molar-refractivity contribution in [3.8, 4) is 0 Å². The van der Waals surface area contributed by atoms with Crippen LogP contribution in [0.2, 0.25) is 0 Å². The van der Waals surface area contributed by atoms with Crippen LogP contribution < -0.4 is 9.80 Å². The van der Waals surface area contributed by atoms with Crippen LogP contribution in [0.25, 0.3) is 0 Å². The zero-order chi connectivity index (χ0) is 21.1. The van der Waals surface area contributed by atoms with Crippen LogP contribution in [0.1, 0.15) is 36.5 Å². The molecule has 3 heterocycles. The third kappa shape index (κ3) is 4.32. The Labute approximate surface area is 177 Å². The lowest BCUT2D eigenvalue weighted by Gasteiger charge is -2.35. The number of hydrogen-bond donors (Lipinski definition) is 0. The van der Waals surface area contributed by atoms with Crippen LogP contribution in [0.3, 0.4) is 0 Å². The summed E-state index contributed by atoms with van der Waals surface area (Å²) in [7, 11) is -3.64. The van der Waals surface area contributed by atoms with Crippen molar-refractivity contribution in [3.05, 3.63) is 42.1 Å². The summed E-state index contributed by atoms with van der Waals surface area (Å²) in [6.45, 7) is 5.25. The van der Waals surface area contributed by atoms with Crippen LogP contribution in [-0.4, -0.2) is 67.7 Å². The van der Waals surface area contributed by atoms with Gasteiger partial charge in [0.1, 0.15) is 5.82 Å². The number of benzene rings is 1. The molecular weight excluding hydrogens is 402 g/mol. The maximum absolute atomic E-state index is 13.0. The predicted octanol–water partition coefficient (Wildman–Crippen LogP) is 2.18. The van der Waals surface area contributed by atoms with Crippen molar-refractivity contribution in [2.45, 2.75) is 31.1 Å². The van der Waals surface area contributed by atoms with Gasteiger partial charge in [-0.2, -0.15) is 9.29 Å². The number of piperazine rings is 1. The van der Waals surface area contributed by atoms with Crippen molar-refractivity contribution in [1.82, 2.24) is 14.3 Å². The molecule has 30 heavy (non-hydrogen) atoms. The molecule has 0 radical (unpaired) electrons. The van der Waals surface area contributed by atoms with Crippen molar-refractivity contribution in [2.24, 2.45) is 0 Å². The molecule has 9 heteroatoms. The number of carbonyl (C=O) groups excluding carboxylic acids is 1. The van der Waals surface area contributed by atoms with Gasteiger partial charge < -0.3 is 9.80 Å². The minimum absolute atomic E-state index is 0.148. The molecule has 0 atom stereocenters. The average molecular weight is 430 g/mol. The molecule has 1 aromatic carbocycles. The lowest BCUT2D eigenvalue weighted by atomic mass is 10.1. The first-order valence-electron chi connectivity index (χ1n) is 10.4. The largest absolute Gasteiger partial charge is 0.354 e. The molecule has 0 amide bonds. The molecule has 2 aromatic rings. The molecule has 2 aliphatic heterocycles. The first-order valence-corrected chi connectivity index (χ1v) is 11.8. The number of carbonyl (C=O) groups is 1. The van der Waals surface area contributed by atoms with Gasteiger partial charge in [-0.25, -0.2) is 13.4 Å². The van der Waals surface area contributed by atoms with Crippen molar-refractivity contribution in [1.29, 1.82) is 0 Å². The van der Waals surface area contributed by atoms with Crippen LogP contribution >= 0.6 is 0 Å². The Morgan fingerprint density at radius 1 is 0.933 bits per heavy atom. The van der Waals surface area contributed by atoms with Crippen LogP contribution in [0, 0.1) is 0 Å². The van der Waals surface area contributed by atoms with Gasteiger partial charge in [-0.05, 0) is 44.4 Å². The maximum Gasteiger partial charge on any atom is 0.243 e. The minimum Gasteiger partial charge on any atom is -0.354 e. The smallest absolute Gasteiger partial charge is 0.243 e. The molecule has 160 valence electrons. The molecule has 0 N–H and O–H groups in total. The van der Waals surface area contributed by atoms with Crippen LogP contribution in [-0.2, 0) is 10.0 Å². The summed E-state index contributed by atoms with van der Waals surface area (Å²) in [5.74, 6) is 1.44. The molecule has 0 bridgehead atoms. The second-order valence-corrected chi connectivity index (χ2v) is 9.68. The molecule has 0 spiro atoms. The summed E-state index contributed by atoms with van der Waals surface area (Å²) in [6.07, 6.45) is 5.36. The van der Waals surface area contributed by atoms with E-state index in [0.717, 1.165) is 37.7 Å². The molecule has 4 rings (SSSR count). The van der Waals surface area contributed by atoms with E-state index in [9.17, 15) is 13.2 Å². The van der Waals surface area contributed by atoms with Gasteiger partial charge in [0.15, 0.2) is 5.78 Å². The van der Waals surface area contributed by atoms with Crippen molar-refractivity contribution >= 4 is 27.6 Å². The fraction of sp³-hybridized carbons (Fsp3) is 0.476. The van der Waals surface area contributed by atoms with Gasteiger partial charge in [0.25, 0.3) is 0 Å². The molecular formula is C21H27N5O3S. The Bertz CT molecular complexity index is 1010. The van der Waals surface area contributed by atoms with Gasteiger partial charge >= 0.3 is 0 Å². The molecule has 2 aliphatic rings. The number of sulfonamides is 1. The zero-order valence-corrected chi connectivity index (χ0v) is 18.0. The zero-order valence-electron chi connectivity index (χ0n) is 17.2. The Hall–Kier alpha value is -2.52. The number of ketones is 1. The number of rotatable bonds is 5. The second-order valence-electron chi connectivity index (χ2n) is 7.74. The van der Waals surface area contributed by atoms with Gasteiger partial charge in [-0.3, -0.25) is 4.79 Å². The predicted molar refractivity (Wildman–Crippen MR) is 116 cm³/mol. The Morgan fingerprint density at radius 2 is 1.67 bits per heavy atom. The normalized spacial score (nSPS) is 18.4. The molecule has 2 saturated heterocycles. The van der Waals surface area contributed by atoms with Gasteiger partial charge in [-0.1, -0.05) is 12.1 Å². The summed E-state index contributed by atoms with van der Waals surface area (Å²) in [5, 5.41) is 0. The number of piperidine rings is 1. The summed E-state index contributed by atoms with van der Waals surface area (Å²) in [6, 6.07) is 8.13. The Morgan fingerprint density at radius 3 is 2.37 bits per heavy atom. The van der Waals surface area contributed by atoms with Crippen molar-refractivity contribution < 1.29 is 13.2 Å². The maximum atomic E-state index is 13.0. The number of nitrogens with zero attached hydrogens (tertiary/aromatic N) is 5. The summed E-state index contributed by atoms with van der Waals surface area (Å²) in [5.41, 5.74) is 0.404. The highest BCUT2D eigenvalue weighted by Gasteiger charge is 2.29. The topological polar surface area (TPSA) is 86.7 Å². The fourth-order valence-electron chi connectivity index (χ4n) is 3.94. The van der Waals surface area contributed by atoms with E-state index in [1.807, 2.05) is 6.07 Å². The molecule has 0 saturated carbocycles.